The summed E-state index contributed by atoms with van der Waals surface area (Å²) in [5.41, 5.74) is 1.27. The van der Waals surface area contributed by atoms with Crippen molar-refractivity contribution in [3.63, 3.8) is 0 Å². The molecule has 1 aliphatic heterocycles. The van der Waals surface area contributed by atoms with Crippen LogP contribution in [0.1, 0.15) is 11.1 Å². The first-order valence-corrected chi connectivity index (χ1v) is 9.13. The Balaban J connectivity index is 1.73. The third-order valence-corrected chi connectivity index (χ3v) is 6.21. The number of aryl methyl sites for hydroxylation is 1. The molecule has 1 aromatic carbocycles. The second-order valence-corrected chi connectivity index (χ2v) is 7.58. The van der Waals surface area contributed by atoms with Crippen molar-refractivity contribution in [1.29, 1.82) is 5.26 Å². The van der Waals surface area contributed by atoms with E-state index in [1.165, 1.54) is 10.5 Å². The number of hydrogen-bond acceptors (Lipinski definition) is 5. The molecule has 124 valence electrons. The monoisotopic (exact) mass is 342 g/mol. The number of nitriles is 1. The molecule has 0 unspecified atom stereocenters. The zero-order valence-corrected chi connectivity index (χ0v) is 14.2. The summed E-state index contributed by atoms with van der Waals surface area (Å²) in [4.78, 5) is 6.67. The Morgan fingerprint density at radius 3 is 2.38 bits per heavy atom. The molecule has 3 rings (SSSR count). The molecule has 0 spiro atoms. The highest BCUT2D eigenvalue weighted by molar-refractivity contribution is 7.89. The van der Waals surface area contributed by atoms with E-state index >= 15 is 0 Å². The summed E-state index contributed by atoms with van der Waals surface area (Å²) in [5.74, 6) is 0.766. The van der Waals surface area contributed by atoms with Crippen LogP contribution in [0.25, 0.3) is 0 Å². The summed E-state index contributed by atoms with van der Waals surface area (Å²) in [6, 6.07) is 12.6. The first kappa shape index (κ1) is 16.4. The number of nitrogens with zero attached hydrogens (tertiary/aromatic N) is 4. The Morgan fingerprint density at radius 1 is 1.08 bits per heavy atom. The van der Waals surface area contributed by atoms with Gasteiger partial charge in [0.2, 0.25) is 10.0 Å². The van der Waals surface area contributed by atoms with Crippen LogP contribution in [0, 0.1) is 18.3 Å². The summed E-state index contributed by atoms with van der Waals surface area (Å²) in [7, 11) is -3.47. The lowest BCUT2D eigenvalue weighted by Crippen LogP contribution is -2.49. The van der Waals surface area contributed by atoms with Crippen LogP contribution in [-0.2, 0) is 10.0 Å². The van der Waals surface area contributed by atoms with Crippen LogP contribution < -0.4 is 4.90 Å². The van der Waals surface area contributed by atoms with Crippen LogP contribution in [0.4, 0.5) is 5.82 Å². The molecule has 0 N–H and O–H groups in total. The summed E-state index contributed by atoms with van der Waals surface area (Å²) in [5, 5.41) is 8.82. The van der Waals surface area contributed by atoms with Crippen molar-refractivity contribution in [2.45, 2.75) is 11.8 Å². The van der Waals surface area contributed by atoms with Gasteiger partial charge in [0.25, 0.3) is 0 Å². The number of hydrogen-bond donors (Lipinski definition) is 0. The van der Waals surface area contributed by atoms with Crippen molar-refractivity contribution in [3.05, 3.63) is 53.7 Å². The van der Waals surface area contributed by atoms with E-state index in [0.29, 0.717) is 36.6 Å². The second kappa shape index (κ2) is 6.59. The molecule has 0 radical (unpaired) electrons. The Bertz CT molecular complexity index is 864. The minimum atomic E-state index is -3.47. The maximum Gasteiger partial charge on any atom is 0.243 e. The van der Waals surface area contributed by atoms with Gasteiger partial charge < -0.3 is 4.90 Å². The lowest BCUT2D eigenvalue weighted by molar-refractivity contribution is 0.383. The number of benzene rings is 1. The second-order valence-electron chi connectivity index (χ2n) is 5.67. The smallest absolute Gasteiger partial charge is 0.243 e. The van der Waals surface area contributed by atoms with Crippen molar-refractivity contribution < 1.29 is 8.42 Å². The first-order chi connectivity index (χ1) is 11.5. The number of aromatic nitrogens is 1. The zero-order chi connectivity index (χ0) is 17.2. The molecule has 0 bridgehead atoms. The Hall–Kier alpha value is -2.43. The van der Waals surface area contributed by atoms with Crippen LogP contribution in [0.5, 0.6) is 0 Å². The summed E-state index contributed by atoms with van der Waals surface area (Å²) >= 11 is 0. The average molecular weight is 342 g/mol. The highest BCUT2D eigenvalue weighted by Crippen LogP contribution is 2.22. The normalized spacial score (nSPS) is 15.9. The molecule has 1 fully saturated rings. The molecule has 1 aromatic heterocycles. The quantitative estimate of drug-likeness (QED) is 0.849. The minimum Gasteiger partial charge on any atom is -0.354 e. The van der Waals surface area contributed by atoms with E-state index in [0.717, 1.165) is 11.4 Å². The van der Waals surface area contributed by atoms with E-state index in [9.17, 15) is 8.42 Å². The van der Waals surface area contributed by atoms with Crippen molar-refractivity contribution in [3.8, 4) is 6.07 Å². The van der Waals surface area contributed by atoms with Crippen LogP contribution in [-0.4, -0.2) is 43.9 Å². The molecule has 1 saturated heterocycles. The van der Waals surface area contributed by atoms with Crippen LogP contribution >= 0.6 is 0 Å². The molecule has 6 nitrogen and oxygen atoms in total. The summed E-state index contributed by atoms with van der Waals surface area (Å²) in [6.07, 6.45) is 1.53. The van der Waals surface area contributed by atoms with Gasteiger partial charge in [0.05, 0.1) is 10.5 Å². The van der Waals surface area contributed by atoms with Gasteiger partial charge >= 0.3 is 0 Å². The van der Waals surface area contributed by atoms with Gasteiger partial charge in [-0.1, -0.05) is 18.2 Å². The average Bonchev–Trinajstić information content (AvgIpc) is 2.62. The molecule has 0 saturated carbocycles. The van der Waals surface area contributed by atoms with Gasteiger partial charge in [-0.25, -0.2) is 13.4 Å². The van der Waals surface area contributed by atoms with E-state index in [2.05, 4.69) is 4.98 Å². The van der Waals surface area contributed by atoms with E-state index < -0.39 is 10.0 Å². The van der Waals surface area contributed by atoms with Gasteiger partial charge in [-0.2, -0.15) is 9.57 Å². The molecular weight excluding hydrogens is 324 g/mol. The van der Waals surface area contributed by atoms with Crippen LogP contribution in [0.3, 0.4) is 0 Å². The van der Waals surface area contributed by atoms with E-state index in [1.54, 1.807) is 24.3 Å². The number of sulfonamides is 1. The molecule has 2 heterocycles. The van der Waals surface area contributed by atoms with Gasteiger partial charge in [0.1, 0.15) is 11.9 Å². The van der Waals surface area contributed by atoms with Gasteiger partial charge in [0, 0.05) is 32.4 Å². The SMILES string of the molecule is Cc1ccccc1S(=O)(=O)N1CCN(c2ccc(C#N)cn2)CC1. The molecule has 2 aromatic rings. The Morgan fingerprint density at radius 2 is 1.79 bits per heavy atom. The van der Waals surface area contributed by atoms with Crippen molar-refractivity contribution in [1.82, 2.24) is 9.29 Å². The fourth-order valence-corrected chi connectivity index (χ4v) is 4.43. The zero-order valence-electron chi connectivity index (χ0n) is 13.4. The van der Waals surface area contributed by atoms with E-state index in [-0.39, 0.29) is 0 Å². The molecule has 24 heavy (non-hydrogen) atoms. The van der Waals surface area contributed by atoms with Crippen molar-refractivity contribution in [2.75, 3.05) is 31.1 Å². The molecular formula is C17H18N4O2S. The van der Waals surface area contributed by atoms with Crippen molar-refractivity contribution >= 4 is 15.8 Å². The number of anilines is 1. The van der Waals surface area contributed by atoms with Crippen LogP contribution in [0.2, 0.25) is 0 Å². The van der Waals surface area contributed by atoms with Gasteiger partial charge in [-0.15, -0.1) is 0 Å². The molecule has 7 heteroatoms. The molecule has 0 atom stereocenters. The van der Waals surface area contributed by atoms with Gasteiger partial charge in [0.15, 0.2) is 0 Å². The maximum absolute atomic E-state index is 12.8. The first-order valence-electron chi connectivity index (χ1n) is 7.69. The summed E-state index contributed by atoms with van der Waals surface area (Å²) in [6.45, 7) is 3.79. The number of pyridine rings is 1. The largest absolute Gasteiger partial charge is 0.354 e. The number of rotatable bonds is 3. The van der Waals surface area contributed by atoms with E-state index in [4.69, 9.17) is 5.26 Å². The maximum atomic E-state index is 12.8. The number of piperazine rings is 1. The van der Waals surface area contributed by atoms with Gasteiger partial charge in [-0.05, 0) is 30.7 Å². The third kappa shape index (κ3) is 3.11. The van der Waals surface area contributed by atoms with Gasteiger partial charge in [-0.3, -0.25) is 0 Å². The Labute approximate surface area is 142 Å². The topological polar surface area (TPSA) is 77.3 Å². The Kier molecular flexibility index (Phi) is 4.51. The third-order valence-electron chi connectivity index (χ3n) is 4.15. The van der Waals surface area contributed by atoms with Crippen LogP contribution in [0.15, 0.2) is 47.5 Å². The van der Waals surface area contributed by atoms with Crippen molar-refractivity contribution in [2.24, 2.45) is 0 Å². The molecule has 0 aliphatic carbocycles. The standard InChI is InChI=1S/C17H18N4O2S/c1-14-4-2-3-5-16(14)24(22,23)21-10-8-20(9-11-21)17-7-6-15(12-18)13-19-17/h2-7,13H,8-11H2,1H3. The molecule has 0 amide bonds. The predicted octanol–water partition coefficient (Wildman–Crippen LogP) is 1.77. The van der Waals surface area contributed by atoms with E-state index in [1.807, 2.05) is 30.0 Å². The summed E-state index contributed by atoms with van der Waals surface area (Å²) < 4.78 is 27.1. The molecule has 1 aliphatic rings. The lowest BCUT2D eigenvalue weighted by atomic mass is 10.2. The predicted molar refractivity (Wildman–Crippen MR) is 91.1 cm³/mol. The highest BCUT2D eigenvalue weighted by Gasteiger charge is 2.29. The fraction of sp³-hybridized carbons (Fsp3) is 0.294. The minimum absolute atomic E-state index is 0.370. The fourth-order valence-electron chi connectivity index (χ4n) is 2.78. The highest BCUT2D eigenvalue weighted by atomic mass is 32.2. The lowest BCUT2D eigenvalue weighted by Gasteiger charge is -2.34.